The smallest absolute Gasteiger partial charge is 0.416 e. The monoisotopic (exact) mass is 311 g/mol. The molecule has 1 aliphatic heterocycles. The molecule has 0 bridgehead atoms. The molecular weight excluding hydrogens is 298 g/mol. The van der Waals surface area contributed by atoms with Gasteiger partial charge in [-0.3, -0.25) is 4.90 Å². The molecule has 1 aromatic carbocycles. The molecule has 1 fully saturated rings. The normalized spacial score (nSPS) is 23.3. The Labute approximate surface area is 120 Å². The minimum absolute atomic E-state index is 0.548. The maximum Gasteiger partial charge on any atom is 0.416 e. The van der Waals surface area contributed by atoms with Crippen molar-refractivity contribution in [2.24, 2.45) is 0 Å². The summed E-state index contributed by atoms with van der Waals surface area (Å²) in [4.78, 5) is 13.4. The van der Waals surface area contributed by atoms with Gasteiger partial charge in [0.05, 0.1) is 6.04 Å². The van der Waals surface area contributed by atoms with Gasteiger partial charge in [0.25, 0.3) is 0 Å². The van der Waals surface area contributed by atoms with Crippen LogP contribution in [-0.4, -0.2) is 32.2 Å². The average molecular weight is 311 g/mol. The number of thiophene rings is 1. The van der Waals surface area contributed by atoms with Gasteiger partial charge in [-0.1, -0.05) is 0 Å². The highest BCUT2D eigenvalue weighted by Crippen LogP contribution is 2.32. The van der Waals surface area contributed by atoms with E-state index in [-0.39, 0.29) is 0 Å². The van der Waals surface area contributed by atoms with Gasteiger partial charge in [-0.05, 0) is 42.0 Å². The Kier molecular flexibility index (Phi) is 2.98. The number of fused-ring (bicyclic) bond motifs is 1. The summed E-state index contributed by atoms with van der Waals surface area (Å²) in [7, 11) is -3.44. The average Bonchev–Trinajstić information content (AvgIpc) is 2.92. The van der Waals surface area contributed by atoms with E-state index >= 15 is 0 Å². The lowest BCUT2D eigenvalue weighted by Gasteiger charge is -2.20. The van der Waals surface area contributed by atoms with Gasteiger partial charge in [-0.25, -0.2) is 13.2 Å². The summed E-state index contributed by atoms with van der Waals surface area (Å²) in [5.74, 6) is 0. The van der Waals surface area contributed by atoms with Gasteiger partial charge >= 0.3 is 6.09 Å². The number of ether oxygens (including phenoxy) is 1. The van der Waals surface area contributed by atoms with E-state index in [9.17, 15) is 13.2 Å². The third-order valence-electron chi connectivity index (χ3n) is 3.35. The number of cyclic esters (lactones) is 1. The van der Waals surface area contributed by atoms with Gasteiger partial charge < -0.3 is 4.74 Å². The Bertz CT molecular complexity index is 781. The molecule has 1 aliphatic rings. The third-order valence-corrected chi connectivity index (χ3v) is 5.58. The first-order chi connectivity index (χ1) is 9.38. The second-order valence-corrected chi connectivity index (χ2v) is 7.91. The van der Waals surface area contributed by atoms with Crippen LogP contribution < -0.4 is 4.90 Å². The van der Waals surface area contributed by atoms with Crippen molar-refractivity contribution in [3.8, 4) is 0 Å². The first-order valence-corrected chi connectivity index (χ1v) is 8.87. The van der Waals surface area contributed by atoms with Crippen molar-refractivity contribution >= 4 is 43.0 Å². The molecule has 0 saturated carbocycles. The third kappa shape index (κ3) is 2.06. The topological polar surface area (TPSA) is 63.7 Å². The van der Waals surface area contributed by atoms with Gasteiger partial charge in [0.1, 0.15) is 0 Å². The second kappa shape index (κ2) is 4.46. The SMILES string of the molecule is CC1[C@@H](S(C)(=O)=O)OC(=O)N1c1ccc2sccc2c1. The summed E-state index contributed by atoms with van der Waals surface area (Å²) in [6, 6.07) is 7.01. The molecule has 2 atom stereocenters. The molecule has 1 aromatic heterocycles. The predicted octanol–water partition coefficient (Wildman–Crippen LogP) is 2.62. The van der Waals surface area contributed by atoms with Crippen LogP contribution in [0.5, 0.6) is 0 Å². The number of carbonyl (C=O) groups excluding carboxylic acids is 1. The molecule has 5 nitrogen and oxygen atoms in total. The highest BCUT2D eigenvalue weighted by molar-refractivity contribution is 7.91. The maximum atomic E-state index is 12.0. The van der Waals surface area contributed by atoms with Crippen molar-refractivity contribution in [2.45, 2.75) is 18.4 Å². The molecule has 0 radical (unpaired) electrons. The van der Waals surface area contributed by atoms with Crippen molar-refractivity contribution < 1.29 is 17.9 Å². The number of sulfone groups is 1. The molecule has 20 heavy (non-hydrogen) atoms. The van der Waals surface area contributed by atoms with Crippen LogP contribution in [0.3, 0.4) is 0 Å². The van der Waals surface area contributed by atoms with Crippen LogP contribution >= 0.6 is 11.3 Å². The van der Waals surface area contributed by atoms with Crippen LogP contribution in [0, 0.1) is 0 Å². The zero-order valence-electron chi connectivity index (χ0n) is 10.9. The number of benzene rings is 1. The molecular formula is C13H13NO4S2. The van der Waals surface area contributed by atoms with Crippen LogP contribution in [0.2, 0.25) is 0 Å². The van der Waals surface area contributed by atoms with Gasteiger partial charge in [0.2, 0.25) is 5.44 Å². The quantitative estimate of drug-likeness (QED) is 0.855. The number of hydrogen-bond acceptors (Lipinski definition) is 5. The van der Waals surface area contributed by atoms with E-state index in [2.05, 4.69) is 0 Å². The molecule has 1 saturated heterocycles. The summed E-state index contributed by atoms with van der Waals surface area (Å²) >= 11 is 1.61. The largest absolute Gasteiger partial charge is 0.427 e. The van der Waals surface area contributed by atoms with Crippen molar-refractivity contribution in [2.75, 3.05) is 11.2 Å². The van der Waals surface area contributed by atoms with Crippen molar-refractivity contribution in [3.05, 3.63) is 29.6 Å². The van der Waals surface area contributed by atoms with Crippen molar-refractivity contribution in [1.82, 2.24) is 0 Å². The van der Waals surface area contributed by atoms with Gasteiger partial charge in [0, 0.05) is 16.6 Å². The number of carbonyl (C=O) groups is 1. The zero-order valence-corrected chi connectivity index (χ0v) is 12.6. The molecule has 0 N–H and O–H groups in total. The van der Waals surface area contributed by atoms with Crippen LogP contribution in [0.15, 0.2) is 29.6 Å². The van der Waals surface area contributed by atoms with E-state index < -0.39 is 27.4 Å². The molecule has 2 heterocycles. The van der Waals surface area contributed by atoms with Crippen molar-refractivity contribution in [3.63, 3.8) is 0 Å². The second-order valence-electron chi connectivity index (χ2n) is 4.84. The van der Waals surface area contributed by atoms with Crippen LogP contribution in [0.25, 0.3) is 10.1 Å². The summed E-state index contributed by atoms with van der Waals surface area (Å²) in [6.07, 6.45) is 0.454. The summed E-state index contributed by atoms with van der Waals surface area (Å²) in [6.45, 7) is 1.68. The highest BCUT2D eigenvalue weighted by Gasteiger charge is 2.45. The Morgan fingerprint density at radius 3 is 2.70 bits per heavy atom. The number of hydrogen-bond donors (Lipinski definition) is 0. The number of amides is 1. The van der Waals surface area contributed by atoms with Crippen LogP contribution in [0.4, 0.5) is 10.5 Å². The number of rotatable bonds is 2. The molecule has 0 spiro atoms. The Morgan fingerprint density at radius 2 is 2.05 bits per heavy atom. The van der Waals surface area contributed by atoms with Gasteiger partial charge in [-0.2, -0.15) is 0 Å². The first-order valence-electron chi connectivity index (χ1n) is 6.04. The number of anilines is 1. The molecule has 0 aliphatic carbocycles. The summed E-state index contributed by atoms with van der Waals surface area (Å²) in [5, 5.41) is 3.00. The first kappa shape index (κ1) is 13.4. The fourth-order valence-electron chi connectivity index (χ4n) is 2.43. The Morgan fingerprint density at radius 1 is 1.30 bits per heavy atom. The lowest BCUT2D eigenvalue weighted by atomic mass is 10.2. The molecule has 7 heteroatoms. The van der Waals surface area contributed by atoms with E-state index in [0.717, 1.165) is 16.3 Å². The van der Waals surface area contributed by atoms with Crippen LogP contribution in [-0.2, 0) is 14.6 Å². The van der Waals surface area contributed by atoms with E-state index in [1.807, 2.05) is 23.6 Å². The van der Waals surface area contributed by atoms with E-state index in [4.69, 9.17) is 4.74 Å². The lowest BCUT2D eigenvalue weighted by Crippen LogP contribution is -2.37. The zero-order chi connectivity index (χ0) is 14.5. The molecule has 106 valence electrons. The fraction of sp³-hybridized carbons (Fsp3) is 0.308. The Balaban J connectivity index is 2.03. The molecule has 2 aromatic rings. The maximum absolute atomic E-state index is 12.0. The summed E-state index contributed by atoms with van der Waals surface area (Å²) < 4.78 is 29.4. The van der Waals surface area contributed by atoms with Crippen molar-refractivity contribution in [1.29, 1.82) is 0 Å². The minimum Gasteiger partial charge on any atom is -0.427 e. The standard InChI is InChI=1S/C13H13NO4S2/c1-8-12(20(2,16)17)18-13(15)14(8)10-3-4-11-9(7-10)5-6-19-11/h3-8,12H,1-2H3/t8?,12-/m1/s1. The van der Waals surface area contributed by atoms with Gasteiger partial charge in [0.15, 0.2) is 9.84 Å². The van der Waals surface area contributed by atoms with E-state index in [1.54, 1.807) is 24.3 Å². The molecule has 1 unspecified atom stereocenters. The molecule has 3 rings (SSSR count). The fourth-order valence-corrected chi connectivity index (χ4v) is 4.30. The minimum atomic E-state index is -3.44. The summed E-state index contributed by atoms with van der Waals surface area (Å²) in [5.41, 5.74) is -0.465. The molecule has 1 amide bonds. The van der Waals surface area contributed by atoms with E-state index in [0.29, 0.717) is 5.69 Å². The van der Waals surface area contributed by atoms with E-state index in [1.165, 1.54) is 4.90 Å². The van der Waals surface area contributed by atoms with Gasteiger partial charge in [-0.15, -0.1) is 11.3 Å². The lowest BCUT2D eigenvalue weighted by molar-refractivity contribution is 0.165. The highest BCUT2D eigenvalue weighted by atomic mass is 32.2. The predicted molar refractivity (Wildman–Crippen MR) is 78.9 cm³/mol. The Hall–Kier alpha value is -1.60. The van der Waals surface area contributed by atoms with Crippen LogP contribution in [0.1, 0.15) is 6.92 Å². The number of nitrogens with zero attached hydrogens (tertiary/aromatic N) is 1.